The molecule has 0 heterocycles. The first-order valence-electron chi connectivity index (χ1n) is 13.4. The predicted molar refractivity (Wildman–Crippen MR) is 134 cm³/mol. The third-order valence-corrected chi connectivity index (χ3v) is 11.7. The van der Waals surface area contributed by atoms with Crippen molar-refractivity contribution in [3.05, 3.63) is 23.3 Å². The zero-order chi connectivity index (χ0) is 24.4. The lowest BCUT2D eigenvalue weighted by molar-refractivity contribution is -0.142. The molecule has 3 saturated carbocycles. The van der Waals surface area contributed by atoms with Crippen molar-refractivity contribution in [2.24, 2.45) is 45.3 Å². The number of allylic oxidation sites excluding steroid dienone is 3. The monoisotopic (exact) mass is 454 g/mol. The fraction of sp³-hybridized carbons (Fsp3) is 0.800. The molecule has 0 unspecified atom stereocenters. The van der Waals surface area contributed by atoms with E-state index < -0.39 is 5.97 Å². The van der Waals surface area contributed by atoms with E-state index in [0.717, 1.165) is 32.1 Å². The van der Waals surface area contributed by atoms with Crippen LogP contribution in [0.5, 0.6) is 0 Å². The summed E-state index contributed by atoms with van der Waals surface area (Å²) in [5, 5.41) is 9.15. The van der Waals surface area contributed by atoms with E-state index in [1.807, 2.05) is 6.08 Å². The molecule has 0 saturated heterocycles. The van der Waals surface area contributed by atoms with E-state index >= 15 is 0 Å². The van der Waals surface area contributed by atoms with Gasteiger partial charge in [0.25, 0.3) is 0 Å². The Kier molecular flexibility index (Phi) is 6.07. The lowest BCUT2D eigenvalue weighted by atomic mass is 9.41. The highest BCUT2D eigenvalue weighted by molar-refractivity contribution is 5.86. The zero-order valence-corrected chi connectivity index (χ0v) is 22.1. The van der Waals surface area contributed by atoms with E-state index in [9.17, 15) is 9.59 Å². The highest BCUT2D eigenvalue weighted by Gasteiger charge is 2.65. The van der Waals surface area contributed by atoms with Crippen LogP contribution in [0.3, 0.4) is 0 Å². The lowest BCUT2D eigenvalue weighted by Gasteiger charge is -2.63. The number of hydrogen-bond donors (Lipinski definition) is 1. The maximum Gasteiger partial charge on any atom is 0.330 e. The number of Topliss-reactive ketones (excluding diaryl/α,β-unsaturated/α-hetero) is 1. The van der Waals surface area contributed by atoms with Gasteiger partial charge in [0, 0.05) is 17.4 Å². The first-order chi connectivity index (χ1) is 15.3. The van der Waals surface area contributed by atoms with Crippen molar-refractivity contribution in [1.29, 1.82) is 0 Å². The van der Waals surface area contributed by atoms with Gasteiger partial charge in [-0.05, 0) is 98.2 Å². The SMILES string of the molecule is C/C(=C\CC[C@@H](C)[C@H]1CC[C@@]2(C)[C@@H]3CC[C@@H]4C(C)(C)C(=O)CC[C@]4(C)C3=CC[C@]12C)C(=O)O. The van der Waals surface area contributed by atoms with Crippen molar-refractivity contribution in [3.63, 3.8) is 0 Å². The fourth-order valence-electron chi connectivity index (χ4n) is 9.33. The van der Waals surface area contributed by atoms with Gasteiger partial charge in [0.2, 0.25) is 0 Å². The molecule has 33 heavy (non-hydrogen) atoms. The summed E-state index contributed by atoms with van der Waals surface area (Å²) in [6, 6.07) is 0. The Labute approximate surface area is 201 Å². The lowest BCUT2D eigenvalue weighted by Crippen LogP contribution is -2.56. The zero-order valence-electron chi connectivity index (χ0n) is 22.1. The molecule has 7 atom stereocenters. The van der Waals surface area contributed by atoms with Crippen LogP contribution in [0.15, 0.2) is 23.3 Å². The molecule has 3 heteroatoms. The predicted octanol–water partition coefficient (Wildman–Crippen LogP) is 7.61. The Morgan fingerprint density at radius 2 is 1.82 bits per heavy atom. The average Bonchev–Trinajstić information content (AvgIpc) is 3.02. The number of hydrogen-bond acceptors (Lipinski definition) is 2. The highest BCUT2D eigenvalue weighted by Crippen LogP contribution is 2.72. The fourth-order valence-corrected chi connectivity index (χ4v) is 9.33. The third-order valence-electron chi connectivity index (χ3n) is 11.7. The second kappa shape index (κ2) is 8.09. The number of aliphatic carboxylic acids is 1. The number of fused-ring (bicyclic) bond motifs is 5. The van der Waals surface area contributed by atoms with Crippen LogP contribution in [-0.2, 0) is 9.59 Å². The summed E-state index contributed by atoms with van der Waals surface area (Å²) >= 11 is 0. The van der Waals surface area contributed by atoms with Crippen LogP contribution < -0.4 is 0 Å². The third kappa shape index (κ3) is 3.50. The summed E-state index contributed by atoms with van der Waals surface area (Å²) in [5.41, 5.74) is 2.77. The minimum Gasteiger partial charge on any atom is -0.478 e. The van der Waals surface area contributed by atoms with Crippen molar-refractivity contribution >= 4 is 11.8 Å². The molecular formula is C30H46O3. The molecule has 3 nitrogen and oxygen atoms in total. The van der Waals surface area contributed by atoms with Gasteiger partial charge in [0.05, 0.1) is 0 Å². The van der Waals surface area contributed by atoms with Gasteiger partial charge in [-0.2, -0.15) is 0 Å². The number of ketones is 1. The first kappa shape index (κ1) is 24.7. The topological polar surface area (TPSA) is 54.4 Å². The molecule has 4 aliphatic rings. The van der Waals surface area contributed by atoms with E-state index in [1.54, 1.807) is 12.5 Å². The van der Waals surface area contributed by atoms with Gasteiger partial charge in [-0.25, -0.2) is 4.79 Å². The number of carboxylic acid groups (broad SMARTS) is 1. The molecule has 0 aromatic heterocycles. The smallest absolute Gasteiger partial charge is 0.330 e. The molecule has 0 bridgehead atoms. The molecule has 184 valence electrons. The van der Waals surface area contributed by atoms with E-state index in [-0.39, 0.29) is 10.8 Å². The van der Waals surface area contributed by atoms with Crippen LogP contribution in [0.1, 0.15) is 106 Å². The second-order valence-electron chi connectivity index (χ2n) is 13.3. The molecule has 0 spiro atoms. The van der Waals surface area contributed by atoms with Crippen molar-refractivity contribution < 1.29 is 14.7 Å². The van der Waals surface area contributed by atoms with E-state index in [2.05, 4.69) is 47.6 Å². The van der Waals surface area contributed by atoms with Gasteiger partial charge in [-0.15, -0.1) is 0 Å². The van der Waals surface area contributed by atoms with Gasteiger partial charge in [-0.3, -0.25) is 4.79 Å². The van der Waals surface area contributed by atoms with E-state index in [0.29, 0.717) is 45.9 Å². The maximum absolute atomic E-state index is 12.8. The minimum atomic E-state index is -0.801. The summed E-state index contributed by atoms with van der Waals surface area (Å²) < 4.78 is 0. The summed E-state index contributed by atoms with van der Waals surface area (Å²) in [4.78, 5) is 23.9. The minimum absolute atomic E-state index is 0.174. The standard InChI is InChI=1S/C30H46O3/c1-19(9-8-10-20(2)26(32)33)21-13-17-30(7)23-11-12-24-27(3,4)25(31)15-16-28(24,5)22(23)14-18-29(21,30)6/h10,14,19,21,23-24H,8-9,11-13,15-18H2,1-7H3,(H,32,33)/b20-10+/t19-,21-,23-,24-,28-,29-,30+/m1/s1. The van der Waals surface area contributed by atoms with Crippen molar-refractivity contribution in [2.75, 3.05) is 0 Å². The van der Waals surface area contributed by atoms with Gasteiger partial charge in [0.15, 0.2) is 0 Å². The molecule has 0 aromatic carbocycles. The average molecular weight is 455 g/mol. The van der Waals surface area contributed by atoms with Crippen LogP contribution in [0.25, 0.3) is 0 Å². The normalized spacial score (nSPS) is 43.2. The first-order valence-corrected chi connectivity index (χ1v) is 13.4. The van der Waals surface area contributed by atoms with Crippen LogP contribution in [0.2, 0.25) is 0 Å². The molecule has 4 rings (SSSR count). The Hall–Kier alpha value is -1.38. The quantitative estimate of drug-likeness (QED) is 0.343. The van der Waals surface area contributed by atoms with E-state index in [1.165, 1.54) is 25.7 Å². The van der Waals surface area contributed by atoms with Gasteiger partial charge >= 0.3 is 5.97 Å². The summed E-state index contributed by atoms with van der Waals surface area (Å²) in [6.07, 6.45) is 14.4. The van der Waals surface area contributed by atoms with Crippen molar-refractivity contribution in [1.82, 2.24) is 0 Å². The van der Waals surface area contributed by atoms with Crippen molar-refractivity contribution in [3.8, 4) is 0 Å². The van der Waals surface area contributed by atoms with Gasteiger partial charge in [-0.1, -0.05) is 59.3 Å². The Balaban J connectivity index is 1.59. The molecular weight excluding hydrogens is 408 g/mol. The number of rotatable bonds is 5. The molecule has 1 N–H and O–H groups in total. The van der Waals surface area contributed by atoms with Crippen LogP contribution in [0, 0.1) is 45.3 Å². The van der Waals surface area contributed by atoms with Crippen LogP contribution >= 0.6 is 0 Å². The molecule has 4 aliphatic carbocycles. The summed E-state index contributed by atoms with van der Waals surface area (Å²) in [5.74, 6) is 2.08. The number of carbonyl (C=O) groups excluding carboxylic acids is 1. The summed E-state index contributed by atoms with van der Waals surface area (Å²) in [7, 11) is 0. The molecule has 0 radical (unpaired) electrons. The maximum atomic E-state index is 12.8. The largest absolute Gasteiger partial charge is 0.478 e. The van der Waals surface area contributed by atoms with Crippen molar-refractivity contribution in [2.45, 2.75) is 106 Å². The van der Waals surface area contributed by atoms with Crippen LogP contribution in [0.4, 0.5) is 0 Å². The number of carboxylic acids is 1. The Bertz CT molecular complexity index is 894. The molecule has 0 aliphatic heterocycles. The van der Waals surface area contributed by atoms with E-state index in [4.69, 9.17) is 5.11 Å². The van der Waals surface area contributed by atoms with Gasteiger partial charge in [0.1, 0.15) is 5.78 Å². The van der Waals surface area contributed by atoms with Crippen LogP contribution in [-0.4, -0.2) is 16.9 Å². The second-order valence-corrected chi connectivity index (χ2v) is 13.3. The highest BCUT2D eigenvalue weighted by atomic mass is 16.4. The molecule has 0 aromatic rings. The number of carbonyl (C=O) groups is 2. The Morgan fingerprint density at radius 3 is 2.48 bits per heavy atom. The molecule has 3 fully saturated rings. The molecule has 0 amide bonds. The van der Waals surface area contributed by atoms with Gasteiger partial charge < -0.3 is 5.11 Å². The Morgan fingerprint density at radius 1 is 1.12 bits per heavy atom. The summed E-state index contributed by atoms with van der Waals surface area (Å²) in [6.45, 7) is 16.2.